The Morgan fingerprint density at radius 2 is 2.31 bits per heavy atom. The van der Waals surface area contributed by atoms with Crippen molar-refractivity contribution in [2.75, 3.05) is 7.11 Å². The van der Waals surface area contributed by atoms with Gasteiger partial charge < -0.3 is 9.84 Å². The number of rotatable bonds is 4. The van der Waals surface area contributed by atoms with Gasteiger partial charge in [0.15, 0.2) is 0 Å². The molecule has 1 N–H and O–H groups in total. The highest BCUT2D eigenvalue weighted by molar-refractivity contribution is 9.10. The van der Waals surface area contributed by atoms with Crippen LogP contribution < -0.4 is 4.74 Å². The molecule has 0 atom stereocenters. The van der Waals surface area contributed by atoms with E-state index >= 15 is 0 Å². The molecule has 1 heterocycles. The zero-order valence-corrected chi connectivity index (χ0v) is 9.79. The Kier molecular flexibility index (Phi) is 4.17. The quantitative estimate of drug-likeness (QED) is 0.867. The van der Waals surface area contributed by atoms with E-state index in [2.05, 4.69) is 20.9 Å². The Balaban J connectivity index is 3.20. The van der Waals surface area contributed by atoms with Crippen molar-refractivity contribution in [3.8, 4) is 5.75 Å². The monoisotopic (exact) mass is 295 g/mol. The third-order valence-corrected chi connectivity index (χ3v) is 2.50. The fraction of sp³-hybridized carbons (Fsp3) is 0.333. The van der Waals surface area contributed by atoms with Gasteiger partial charge >= 0.3 is 5.97 Å². The number of halogens is 3. The van der Waals surface area contributed by atoms with Crippen LogP contribution in [0.5, 0.6) is 5.75 Å². The Hall–Kier alpha value is -1.24. The van der Waals surface area contributed by atoms with Crippen molar-refractivity contribution >= 4 is 21.9 Å². The average Bonchev–Trinajstić information content (AvgIpc) is 2.19. The van der Waals surface area contributed by atoms with Crippen molar-refractivity contribution in [2.45, 2.75) is 12.8 Å². The lowest BCUT2D eigenvalue weighted by Crippen LogP contribution is -2.05. The first-order chi connectivity index (χ1) is 7.45. The molecule has 88 valence electrons. The number of aliphatic carboxylic acids is 1. The third kappa shape index (κ3) is 2.88. The van der Waals surface area contributed by atoms with E-state index in [1.54, 1.807) is 0 Å². The van der Waals surface area contributed by atoms with E-state index in [9.17, 15) is 13.6 Å². The number of pyridine rings is 1. The summed E-state index contributed by atoms with van der Waals surface area (Å²) in [5.74, 6) is -1.19. The molecule has 0 amide bonds. The van der Waals surface area contributed by atoms with Gasteiger partial charge in [0.2, 0.25) is 0 Å². The molecule has 0 aliphatic carbocycles. The minimum Gasteiger partial charge on any atom is -0.495 e. The molecule has 7 heteroatoms. The summed E-state index contributed by atoms with van der Waals surface area (Å²) < 4.78 is 29.8. The van der Waals surface area contributed by atoms with Gasteiger partial charge in [0, 0.05) is 0 Å². The Bertz CT molecular complexity index is 412. The SMILES string of the molecule is COc1cc(CC(=O)O)c(Br)nc1C(F)F. The zero-order chi connectivity index (χ0) is 12.3. The Morgan fingerprint density at radius 3 is 2.75 bits per heavy atom. The van der Waals surface area contributed by atoms with E-state index < -0.39 is 18.1 Å². The van der Waals surface area contributed by atoms with Gasteiger partial charge in [-0.2, -0.15) is 0 Å². The molecule has 0 unspecified atom stereocenters. The van der Waals surface area contributed by atoms with Crippen LogP contribution in [0.4, 0.5) is 8.78 Å². The van der Waals surface area contributed by atoms with Crippen molar-refractivity contribution < 1.29 is 23.4 Å². The lowest BCUT2D eigenvalue weighted by molar-refractivity contribution is -0.136. The van der Waals surface area contributed by atoms with Crippen LogP contribution in [0.1, 0.15) is 17.7 Å². The van der Waals surface area contributed by atoms with E-state index in [1.807, 2.05) is 0 Å². The van der Waals surface area contributed by atoms with Crippen molar-refractivity contribution in [2.24, 2.45) is 0 Å². The second-order valence-electron chi connectivity index (χ2n) is 2.90. The first-order valence-electron chi connectivity index (χ1n) is 4.19. The molecule has 0 aromatic carbocycles. The predicted octanol–water partition coefficient (Wildman–Crippen LogP) is 2.42. The molecular formula is C9H8BrF2NO3. The van der Waals surface area contributed by atoms with E-state index in [1.165, 1.54) is 13.2 Å². The normalized spacial score (nSPS) is 10.6. The number of nitrogens with zero attached hydrogens (tertiary/aromatic N) is 1. The minimum atomic E-state index is -2.77. The molecule has 0 saturated carbocycles. The lowest BCUT2D eigenvalue weighted by atomic mass is 10.2. The molecule has 0 bridgehead atoms. The summed E-state index contributed by atoms with van der Waals surface area (Å²) in [6.45, 7) is 0. The number of ether oxygens (including phenoxy) is 1. The molecule has 1 aromatic rings. The fourth-order valence-corrected chi connectivity index (χ4v) is 1.58. The van der Waals surface area contributed by atoms with Crippen LogP contribution in [0.25, 0.3) is 0 Å². The second kappa shape index (κ2) is 5.20. The molecule has 0 fully saturated rings. The molecule has 16 heavy (non-hydrogen) atoms. The largest absolute Gasteiger partial charge is 0.495 e. The molecule has 0 aliphatic rings. The van der Waals surface area contributed by atoms with Crippen LogP contribution in [0.3, 0.4) is 0 Å². The van der Waals surface area contributed by atoms with Crippen LogP contribution in [0.2, 0.25) is 0 Å². The molecule has 1 aromatic heterocycles. The van der Waals surface area contributed by atoms with Gasteiger partial charge in [0.25, 0.3) is 6.43 Å². The molecule has 0 radical (unpaired) electrons. The predicted molar refractivity (Wildman–Crippen MR) is 54.8 cm³/mol. The summed E-state index contributed by atoms with van der Waals surface area (Å²) in [6, 6.07) is 1.24. The Morgan fingerprint density at radius 1 is 1.69 bits per heavy atom. The maximum absolute atomic E-state index is 12.5. The van der Waals surface area contributed by atoms with Crippen LogP contribution >= 0.6 is 15.9 Å². The van der Waals surface area contributed by atoms with Crippen molar-refractivity contribution in [3.63, 3.8) is 0 Å². The van der Waals surface area contributed by atoms with Gasteiger partial charge in [-0.15, -0.1) is 0 Å². The van der Waals surface area contributed by atoms with Crippen LogP contribution in [0, 0.1) is 0 Å². The second-order valence-corrected chi connectivity index (χ2v) is 3.65. The highest BCUT2D eigenvalue weighted by atomic mass is 79.9. The summed E-state index contributed by atoms with van der Waals surface area (Å²) in [5, 5.41) is 8.60. The van der Waals surface area contributed by atoms with Gasteiger partial charge in [-0.25, -0.2) is 13.8 Å². The van der Waals surface area contributed by atoms with E-state index in [4.69, 9.17) is 9.84 Å². The molecule has 0 aliphatic heterocycles. The molecule has 1 rings (SSSR count). The molecule has 4 nitrogen and oxygen atoms in total. The first-order valence-corrected chi connectivity index (χ1v) is 4.98. The van der Waals surface area contributed by atoms with Crippen LogP contribution in [-0.2, 0) is 11.2 Å². The smallest absolute Gasteiger partial charge is 0.307 e. The number of methoxy groups -OCH3 is 1. The van der Waals surface area contributed by atoms with Gasteiger partial charge in [-0.3, -0.25) is 4.79 Å². The third-order valence-electron chi connectivity index (χ3n) is 1.81. The zero-order valence-electron chi connectivity index (χ0n) is 8.21. The van der Waals surface area contributed by atoms with Gasteiger partial charge in [0.1, 0.15) is 16.0 Å². The average molecular weight is 296 g/mol. The van der Waals surface area contributed by atoms with Crippen LogP contribution in [0.15, 0.2) is 10.7 Å². The van der Waals surface area contributed by atoms with Crippen LogP contribution in [-0.4, -0.2) is 23.2 Å². The number of carbonyl (C=O) groups is 1. The van der Waals surface area contributed by atoms with Crippen molar-refractivity contribution in [3.05, 3.63) is 21.9 Å². The standard InChI is InChI=1S/C9H8BrF2NO3/c1-16-5-2-4(3-6(14)15)8(10)13-7(5)9(11)12/h2,9H,3H2,1H3,(H,14,15). The Labute approximate surface area is 98.4 Å². The maximum Gasteiger partial charge on any atom is 0.307 e. The molecular weight excluding hydrogens is 288 g/mol. The summed E-state index contributed by atoms with van der Waals surface area (Å²) in [7, 11) is 1.22. The van der Waals surface area contributed by atoms with Gasteiger partial charge in [-0.1, -0.05) is 0 Å². The highest BCUT2D eigenvalue weighted by Crippen LogP contribution is 2.31. The van der Waals surface area contributed by atoms with Gasteiger partial charge in [-0.05, 0) is 27.6 Å². The molecule has 0 spiro atoms. The topological polar surface area (TPSA) is 59.4 Å². The van der Waals surface area contributed by atoms with Crippen molar-refractivity contribution in [1.29, 1.82) is 0 Å². The highest BCUT2D eigenvalue weighted by Gasteiger charge is 2.19. The number of hydrogen-bond donors (Lipinski definition) is 1. The van der Waals surface area contributed by atoms with Gasteiger partial charge in [0.05, 0.1) is 13.5 Å². The fourth-order valence-electron chi connectivity index (χ4n) is 1.13. The summed E-state index contributed by atoms with van der Waals surface area (Å²) in [5.41, 5.74) is -0.225. The minimum absolute atomic E-state index is 0.0889. The number of carboxylic acids is 1. The van der Waals surface area contributed by atoms with E-state index in [0.29, 0.717) is 0 Å². The van der Waals surface area contributed by atoms with Crippen molar-refractivity contribution in [1.82, 2.24) is 4.98 Å². The summed E-state index contributed by atoms with van der Waals surface area (Å²) in [4.78, 5) is 14.1. The number of aromatic nitrogens is 1. The number of hydrogen-bond acceptors (Lipinski definition) is 3. The summed E-state index contributed by atoms with van der Waals surface area (Å²) in [6.07, 6.45) is -3.09. The maximum atomic E-state index is 12.5. The van der Waals surface area contributed by atoms with E-state index in [0.717, 1.165) is 0 Å². The molecule has 0 saturated heterocycles. The van der Waals surface area contributed by atoms with E-state index in [-0.39, 0.29) is 22.3 Å². The summed E-state index contributed by atoms with van der Waals surface area (Å²) >= 11 is 2.94. The first kappa shape index (κ1) is 12.8. The lowest BCUT2D eigenvalue weighted by Gasteiger charge is -2.10. The number of alkyl halides is 2. The number of carboxylic acid groups (broad SMARTS) is 1.